The van der Waals surface area contributed by atoms with Gasteiger partial charge in [-0.25, -0.2) is 8.42 Å². The van der Waals surface area contributed by atoms with Crippen molar-refractivity contribution in [2.45, 2.75) is 64.0 Å². The predicted molar refractivity (Wildman–Crippen MR) is 88.7 cm³/mol. The molecule has 1 fully saturated rings. The molecule has 126 valence electrons. The largest absolute Gasteiger partial charge is 0.302 e. The molecule has 1 aliphatic rings. The number of nitrogens with two attached hydrogens (primary N) is 1. The number of hydrazine groups is 1. The van der Waals surface area contributed by atoms with Gasteiger partial charge in [0.25, 0.3) is 0 Å². The molecule has 0 aromatic carbocycles. The first-order valence-corrected chi connectivity index (χ1v) is 9.93. The lowest BCUT2D eigenvalue weighted by Gasteiger charge is -2.49. The molecule has 1 unspecified atom stereocenters. The van der Waals surface area contributed by atoms with Crippen molar-refractivity contribution in [3.05, 3.63) is 0 Å². The Morgan fingerprint density at radius 1 is 1.33 bits per heavy atom. The Morgan fingerprint density at radius 2 is 1.90 bits per heavy atom. The fourth-order valence-electron chi connectivity index (χ4n) is 3.53. The minimum Gasteiger partial charge on any atom is -0.302 e. The Morgan fingerprint density at radius 3 is 2.33 bits per heavy atom. The van der Waals surface area contributed by atoms with Gasteiger partial charge in [-0.1, -0.05) is 13.8 Å². The molecule has 0 aliphatic heterocycles. The second-order valence-corrected chi connectivity index (χ2v) is 9.25. The summed E-state index contributed by atoms with van der Waals surface area (Å²) in [6.45, 7) is 4.01. The highest BCUT2D eigenvalue weighted by Crippen LogP contribution is 2.38. The number of nitrogens with one attached hydrogen (secondary N) is 1. The van der Waals surface area contributed by atoms with E-state index >= 15 is 0 Å². The van der Waals surface area contributed by atoms with Gasteiger partial charge in [-0.15, -0.1) is 0 Å². The summed E-state index contributed by atoms with van der Waals surface area (Å²) in [5, 5.41) is 0. The van der Waals surface area contributed by atoms with Gasteiger partial charge in [-0.2, -0.15) is 0 Å². The van der Waals surface area contributed by atoms with Crippen LogP contribution < -0.4 is 11.3 Å². The summed E-state index contributed by atoms with van der Waals surface area (Å²) in [5.74, 6) is 7.08. The third kappa shape index (κ3) is 4.91. The Hall–Kier alpha value is -0.170. The highest BCUT2D eigenvalue weighted by atomic mass is 32.2. The molecule has 0 saturated heterocycles. The molecule has 6 heteroatoms. The first kappa shape index (κ1) is 18.9. The summed E-state index contributed by atoms with van der Waals surface area (Å²) < 4.78 is 23.3. The van der Waals surface area contributed by atoms with Crippen LogP contribution in [-0.2, 0) is 9.84 Å². The first-order chi connectivity index (χ1) is 9.77. The van der Waals surface area contributed by atoms with E-state index in [4.69, 9.17) is 5.84 Å². The van der Waals surface area contributed by atoms with Gasteiger partial charge in [-0.3, -0.25) is 11.3 Å². The molecule has 1 rings (SSSR count). The molecular weight excluding hydrogens is 286 g/mol. The minimum absolute atomic E-state index is 0.0528. The maximum absolute atomic E-state index is 11.6. The van der Waals surface area contributed by atoms with Crippen molar-refractivity contribution >= 4 is 9.84 Å². The molecule has 21 heavy (non-hydrogen) atoms. The van der Waals surface area contributed by atoms with E-state index in [-0.39, 0.29) is 23.1 Å². The van der Waals surface area contributed by atoms with Gasteiger partial charge < -0.3 is 4.90 Å². The number of hydrogen-bond acceptors (Lipinski definition) is 5. The minimum atomic E-state index is -2.89. The van der Waals surface area contributed by atoms with E-state index in [1.165, 1.54) is 12.8 Å². The van der Waals surface area contributed by atoms with Crippen LogP contribution in [0.5, 0.6) is 0 Å². The van der Waals surface area contributed by atoms with Crippen LogP contribution in [0.4, 0.5) is 0 Å². The van der Waals surface area contributed by atoms with Gasteiger partial charge in [0.05, 0.1) is 5.75 Å². The van der Waals surface area contributed by atoms with Gasteiger partial charge in [0.2, 0.25) is 0 Å². The smallest absolute Gasteiger partial charge is 0.150 e. The molecular formula is C15H33N3O2S. The first-order valence-electron chi connectivity index (χ1n) is 8.11. The average Bonchev–Trinajstić information content (AvgIpc) is 2.45. The summed E-state index contributed by atoms with van der Waals surface area (Å²) in [7, 11) is 1.34. The predicted octanol–water partition coefficient (Wildman–Crippen LogP) is 1.54. The van der Waals surface area contributed by atoms with Crippen LogP contribution in [0.2, 0.25) is 0 Å². The lowest BCUT2D eigenvalue weighted by molar-refractivity contribution is 0.0401. The molecule has 0 heterocycles. The second-order valence-electron chi connectivity index (χ2n) is 6.78. The molecule has 0 amide bonds. The van der Waals surface area contributed by atoms with Gasteiger partial charge in [0.1, 0.15) is 9.84 Å². The third-order valence-corrected chi connectivity index (χ3v) is 7.06. The Balaban J connectivity index is 2.70. The Labute approximate surface area is 130 Å². The van der Waals surface area contributed by atoms with E-state index in [1.54, 1.807) is 6.92 Å². The monoisotopic (exact) mass is 319 g/mol. The van der Waals surface area contributed by atoms with Gasteiger partial charge in [-0.05, 0) is 58.5 Å². The van der Waals surface area contributed by atoms with Crippen molar-refractivity contribution in [3.63, 3.8) is 0 Å². The fraction of sp³-hybridized carbons (Fsp3) is 1.00. The zero-order valence-corrected chi connectivity index (χ0v) is 14.9. The van der Waals surface area contributed by atoms with E-state index < -0.39 is 9.84 Å². The van der Waals surface area contributed by atoms with Crippen molar-refractivity contribution in [1.29, 1.82) is 0 Å². The molecule has 0 bridgehead atoms. The van der Waals surface area contributed by atoms with Crippen molar-refractivity contribution in [2.75, 3.05) is 25.6 Å². The van der Waals surface area contributed by atoms with E-state index in [2.05, 4.69) is 31.3 Å². The average molecular weight is 320 g/mol. The molecule has 1 saturated carbocycles. The normalized spacial score (nSPS) is 28.8. The summed E-state index contributed by atoms with van der Waals surface area (Å²) in [4.78, 5) is 2.29. The summed E-state index contributed by atoms with van der Waals surface area (Å²) >= 11 is 0. The third-order valence-electron chi connectivity index (χ3n) is 5.27. The Bertz CT molecular complexity index is 401. The topological polar surface area (TPSA) is 75.4 Å². The van der Waals surface area contributed by atoms with E-state index in [1.807, 2.05) is 0 Å². The highest BCUT2D eigenvalue weighted by Gasteiger charge is 2.42. The number of likely N-dealkylation sites (N-methyl/N-ethyl adjacent to an activating group) is 1. The molecule has 1 atom stereocenters. The van der Waals surface area contributed by atoms with Crippen LogP contribution in [-0.4, -0.2) is 50.5 Å². The van der Waals surface area contributed by atoms with Gasteiger partial charge in [0.15, 0.2) is 0 Å². The lowest BCUT2D eigenvalue weighted by atomic mass is 9.71. The number of sulfone groups is 1. The van der Waals surface area contributed by atoms with E-state index in [0.29, 0.717) is 6.42 Å². The number of rotatable bonds is 8. The van der Waals surface area contributed by atoms with E-state index in [0.717, 1.165) is 25.2 Å². The van der Waals surface area contributed by atoms with Crippen molar-refractivity contribution in [2.24, 2.45) is 11.8 Å². The van der Waals surface area contributed by atoms with Crippen molar-refractivity contribution < 1.29 is 8.42 Å². The van der Waals surface area contributed by atoms with Crippen molar-refractivity contribution in [3.8, 4) is 0 Å². The molecule has 0 radical (unpaired) electrons. The van der Waals surface area contributed by atoms with E-state index in [9.17, 15) is 8.42 Å². The van der Waals surface area contributed by atoms with Crippen LogP contribution in [0.1, 0.15) is 52.4 Å². The van der Waals surface area contributed by atoms with Crippen LogP contribution in [0.3, 0.4) is 0 Å². The zero-order chi connectivity index (χ0) is 16.1. The van der Waals surface area contributed by atoms with Crippen LogP contribution in [0.15, 0.2) is 0 Å². The molecule has 1 aliphatic carbocycles. The Kier molecular flexibility index (Phi) is 7.10. The van der Waals surface area contributed by atoms with Crippen LogP contribution in [0.25, 0.3) is 0 Å². The highest BCUT2D eigenvalue weighted by molar-refractivity contribution is 7.91. The molecule has 5 nitrogen and oxygen atoms in total. The van der Waals surface area contributed by atoms with Gasteiger partial charge >= 0.3 is 0 Å². The number of nitrogens with zero attached hydrogens (tertiary/aromatic N) is 1. The molecule has 0 spiro atoms. The molecule has 0 aromatic rings. The number of hydrogen-bond donors (Lipinski definition) is 2. The standard InChI is InChI=1S/C15H33N3O2S/c1-5-21(19,20)12-6-7-14(17-16)15(18(3)4)10-8-13(2)9-11-15/h13-14,17H,5-12,16H2,1-4H3. The quantitative estimate of drug-likeness (QED) is 0.524. The van der Waals surface area contributed by atoms with Crippen LogP contribution >= 0.6 is 0 Å². The summed E-state index contributed by atoms with van der Waals surface area (Å²) in [6, 6.07) is 0.145. The van der Waals surface area contributed by atoms with Crippen LogP contribution in [0, 0.1) is 5.92 Å². The molecule has 0 aromatic heterocycles. The zero-order valence-electron chi connectivity index (χ0n) is 14.1. The van der Waals surface area contributed by atoms with Gasteiger partial charge in [0, 0.05) is 17.3 Å². The molecule has 3 N–H and O–H groups in total. The maximum atomic E-state index is 11.6. The summed E-state index contributed by atoms with van der Waals surface area (Å²) in [6.07, 6.45) is 6.15. The second kappa shape index (κ2) is 7.90. The fourth-order valence-corrected chi connectivity index (χ4v) is 4.42. The van der Waals surface area contributed by atoms with Crippen molar-refractivity contribution in [1.82, 2.24) is 10.3 Å². The summed E-state index contributed by atoms with van der Waals surface area (Å²) in [5.41, 5.74) is 3.03. The lowest BCUT2D eigenvalue weighted by Crippen LogP contribution is -2.62. The SMILES string of the molecule is CCS(=O)(=O)CCCC(NN)C1(N(C)C)CCC(C)CC1. The maximum Gasteiger partial charge on any atom is 0.150 e.